The van der Waals surface area contributed by atoms with E-state index in [1.807, 2.05) is 48.7 Å². The van der Waals surface area contributed by atoms with Gasteiger partial charge in [-0.1, -0.05) is 60.7 Å². The normalized spacial score (nSPS) is 15.6. The first-order valence-corrected chi connectivity index (χ1v) is 8.81. The number of fused-ring (bicyclic) bond motifs is 1. The lowest BCUT2D eigenvalue weighted by molar-refractivity contribution is -0.425. The molecule has 3 aromatic rings. The Morgan fingerprint density at radius 2 is 1.62 bits per heavy atom. The fourth-order valence-electron chi connectivity index (χ4n) is 3.51. The van der Waals surface area contributed by atoms with E-state index in [0.29, 0.717) is 5.56 Å². The first kappa shape index (κ1) is 16.3. The third-order valence-corrected chi connectivity index (χ3v) is 4.86. The number of aromatic hydroxyl groups is 1. The SMILES string of the molecule is O=C(c1ccccc1O)C(C=[N+]1CCc2ccccc21)c1ccccc1. The molecule has 3 aromatic carbocycles. The van der Waals surface area contributed by atoms with Crippen LogP contribution in [0.25, 0.3) is 0 Å². The summed E-state index contributed by atoms with van der Waals surface area (Å²) in [6.07, 6.45) is 2.97. The van der Waals surface area contributed by atoms with Gasteiger partial charge < -0.3 is 5.11 Å². The summed E-state index contributed by atoms with van der Waals surface area (Å²) < 4.78 is 2.16. The lowest BCUT2D eigenvalue weighted by Crippen LogP contribution is -2.19. The predicted octanol–water partition coefficient (Wildman–Crippen LogP) is 4.33. The number of carbonyl (C=O) groups is 1. The van der Waals surface area contributed by atoms with Crippen LogP contribution in [-0.2, 0) is 6.42 Å². The van der Waals surface area contributed by atoms with E-state index in [4.69, 9.17) is 0 Å². The van der Waals surface area contributed by atoms with Crippen LogP contribution in [0.1, 0.15) is 27.4 Å². The molecule has 0 bridgehead atoms. The van der Waals surface area contributed by atoms with Crippen molar-refractivity contribution in [2.24, 2.45) is 0 Å². The van der Waals surface area contributed by atoms with Gasteiger partial charge in [0.2, 0.25) is 5.69 Å². The molecule has 1 N–H and O–H groups in total. The molecule has 0 saturated carbocycles. The first-order valence-electron chi connectivity index (χ1n) is 8.81. The molecule has 0 aromatic heterocycles. The van der Waals surface area contributed by atoms with E-state index in [1.54, 1.807) is 24.3 Å². The maximum atomic E-state index is 13.2. The minimum atomic E-state index is -0.448. The van der Waals surface area contributed by atoms with Crippen molar-refractivity contribution in [3.8, 4) is 5.75 Å². The molecule has 4 rings (SSSR count). The molecule has 0 aliphatic carbocycles. The maximum Gasteiger partial charge on any atom is 0.208 e. The summed E-state index contributed by atoms with van der Waals surface area (Å²) in [5.41, 5.74) is 3.72. The molecule has 1 heterocycles. The lowest BCUT2D eigenvalue weighted by atomic mass is 9.91. The number of carbonyl (C=O) groups excluding carboxylic acids is 1. The number of phenolic OH excluding ortho intramolecular Hbond substituents is 1. The van der Waals surface area contributed by atoms with Crippen LogP contribution in [0.3, 0.4) is 0 Å². The Balaban J connectivity index is 1.80. The monoisotopic (exact) mass is 342 g/mol. The Hall–Kier alpha value is -3.20. The highest BCUT2D eigenvalue weighted by Gasteiger charge is 2.29. The average Bonchev–Trinajstić information content (AvgIpc) is 3.10. The largest absolute Gasteiger partial charge is 0.507 e. The van der Waals surface area contributed by atoms with Crippen LogP contribution in [0.4, 0.5) is 5.69 Å². The molecule has 1 atom stereocenters. The Labute approximate surface area is 152 Å². The lowest BCUT2D eigenvalue weighted by Gasteiger charge is -2.12. The molecular formula is C23H20NO2+. The molecule has 1 unspecified atom stereocenters. The summed E-state index contributed by atoms with van der Waals surface area (Å²) in [6, 6.07) is 24.8. The minimum absolute atomic E-state index is 0.0219. The third-order valence-electron chi connectivity index (χ3n) is 4.86. The summed E-state index contributed by atoms with van der Waals surface area (Å²) >= 11 is 0. The van der Waals surface area contributed by atoms with E-state index in [1.165, 1.54) is 5.56 Å². The number of phenols is 1. The second kappa shape index (κ2) is 6.96. The van der Waals surface area contributed by atoms with Crippen molar-refractivity contribution in [3.05, 3.63) is 95.6 Å². The van der Waals surface area contributed by atoms with E-state index in [-0.39, 0.29) is 11.5 Å². The number of rotatable bonds is 4. The summed E-state index contributed by atoms with van der Waals surface area (Å²) in [5, 5.41) is 10.1. The van der Waals surface area contributed by atoms with Gasteiger partial charge in [0.05, 0.1) is 5.56 Å². The van der Waals surface area contributed by atoms with Crippen LogP contribution in [0.2, 0.25) is 0 Å². The van der Waals surface area contributed by atoms with Crippen LogP contribution >= 0.6 is 0 Å². The number of ketones is 1. The molecule has 0 spiro atoms. The van der Waals surface area contributed by atoms with E-state index in [0.717, 1.165) is 24.2 Å². The number of hydrogen-bond donors (Lipinski definition) is 1. The van der Waals surface area contributed by atoms with Crippen LogP contribution in [0.5, 0.6) is 5.75 Å². The Kier molecular flexibility index (Phi) is 4.36. The summed E-state index contributed by atoms with van der Waals surface area (Å²) in [5.74, 6) is -0.525. The highest BCUT2D eigenvalue weighted by molar-refractivity contribution is 6.11. The minimum Gasteiger partial charge on any atom is -0.507 e. The quantitative estimate of drug-likeness (QED) is 0.566. The maximum absolute atomic E-state index is 13.2. The molecule has 1 aliphatic rings. The Bertz CT molecular complexity index is 976. The van der Waals surface area contributed by atoms with Crippen molar-refractivity contribution in [1.82, 2.24) is 0 Å². The average molecular weight is 342 g/mol. The van der Waals surface area contributed by atoms with Gasteiger partial charge in [0, 0.05) is 18.1 Å². The third kappa shape index (κ3) is 3.04. The molecule has 0 fully saturated rings. The van der Waals surface area contributed by atoms with Gasteiger partial charge >= 0.3 is 0 Å². The molecule has 3 heteroatoms. The van der Waals surface area contributed by atoms with Crippen molar-refractivity contribution >= 4 is 17.7 Å². The first-order chi connectivity index (χ1) is 12.7. The fourth-order valence-corrected chi connectivity index (χ4v) is 3.51. The second-order valence-electron chi connectivity index (χ2n) is 6.49. The van der Waals surface area contributed by atoms with E-state index < -0.39 is 5.92 Å². The van der Waals surface area contributed by atoms with E-state index in [9.17, 15) is 9.90 Å². The second-order valence-corrected chi connectivity index (χ2v) is 6.49. The molecular weight excluding hydrogens is 322 g/mol. The van der Waals surface area contributed by atoms with Crippen molar-refractivity contribution < 1.29 is 14.5 Å². The molecule has 26 heavy (non-hydrogen) atoms. The topological polar surface area (TPSA) is 40.3 Å². The molecule has 3 nitrogen and oxygen atoms in total. The van der Waals surface area contributed by atoms with Gasteiger partial charge in [-0.2, -0.15) is 0 Å². The van der Waals surface area contributed by atoms with Crippen LogP contribution < -0.4 is 0 Å². The summed E-state index contributed by atoms with van der Waals surface area (Å²) in [4.78, 5) is 13.2. The van der Waals surface area contributed by atoms with Crippen molar-refractivity contribution in [1.29, 1.82) is 0 Å². The number of nitrogens with zero attached hydrogens (tertiary/aromatic N) is 1. The highest BCUT2D eigenvalue weighted by atomic mass is 16.3. The fraction of sp³-hybridized carbons (Fsp3) is 0.130. The van der Waals surface area contributed by atoms with Gasteiger partial charge in [-0.15, -0.1) is 0 Å². The van der Waals surface area contributed by atoms with Gasteiger partial charge in [0.25, 0.3) is 0 Å². The van der Waals surface area contributed by atoms with Gasteiger partial charge in [0.15, 0.2) is 18.5 Å². The highest BCUT2D eigenvalue weighted by Crippen LogP contribution is 2.29. The van der Waals surface area contributed by atoms with Crippen molar-refractivity contribution in [2.45, 2.75) is 12.3 Å². The van der Waals surface area contributed by atoms with Crippen molar-refractivity contribution in [3.63, 3.8) is 0 Å². The summed E-state index contributed by atoms with van der Waals surface area (Å²) in [6.45, 7) is 0.858. The number of benzene rings is 3. The molecule has 0 radical (unpaired) electrons. The Morgan fingerprint density at radius 1 is 0.923 bits per heavy atom. The van der Waals surface area contributed by atoms with Crippen LogP contribution in [0, 0.1) is 0 Å². The number of hydrogen-bond acceptors (Lipinski definition) is 2. The van der Waals surface area contributed by atoms with Crippen LogP contribution in [-0.4, -0.2) is 28.2 Å². The van der Waals surface area contributed by atoms with E-state index in [2.05, 4.69) is 16.7 Å². The Morgan fingerprint density at radius 3 is 2.42 bits per heavy atom. The predicted molar refractivity (Wildman–Crippen MR) is 103 cm³/mol. The molecule has 0 saturated heterocycles. The van der Waals surface area contributed by atoms with Crippen molar-refractivity contribution in [2.75, 3.05) is 6.54 Å². The standard InChI is InChI=1S/C23H19NO2/c25-22-13-7-5-11-19(22)23(26)20(17-8-2-1-3-9-17)16-24-15-14-18-10-4-6-12-21(18)24/h1-13,16,20H,14-15H2/p+1. The van der Waals surface area contributed by atoms with Gasteiger partial charge in [-0.3, -0.25) is 4.79 Å². The van der Waals surface area contributed by atoms with E-state index >= 15 is 0 Å². The zero-order chi connectivity index (χ0) is 17.9. The zero-order valence-corrected chi connectivity index (χ0v) is 14.4. The summed E-state index contributed by atoms with van der Waals surface area (Å²) in [7, 11) is 0. The van der Waals surface area contributed by atoms with Gasteiger partial charge in [-0.25, -0.2) is 4.58 Å². The smallest absolute Gasteiger partial charge is 0.208 e. The molecule has 0 amide bonds. The molecule has 128 valence electrons. The van der Waals surface area contributed by atoms with Crippen LogP contribution in [0.15, 0.2) is 78.9 Å². The zero-order valence-electron chi connectivity index (χ0n) is 14.4. The number of para-hydroxylation sites is 2. The van der Waals surface area contributed by atoms with Gasteiger partial charge in [0.1, 0.15) is 11.7 Å². The number of Topliss-reactive ketones (excluding diaryl/α,β-unsaturated/α-hetero) is 1. The van der Waals surface area contributed by atoms with Gasteiger partial charge in [-0.05, 0) is 17.7 Å². The molecule has 1 aliphatic heterocycles.